The molecule has 1 atom stereocenters. The molecule has 0 bridgehead atoms. The molecule has 1 aromatic heterocycles. The van der Waals surface area contributed by atoms with Crippen LogP contribution in [-0.2, 0) is 14.3 Å². The maximum Gasteiger partial charge on any atom is 0.328 e. The molecule has 0 aliphatic heterocycles. The highest BCUT2D eigenvalue weighted by molar-refractivity contribution is 7.19. The molecule has 1 N–H and O–H groups in total. The van der Waals surface area contributed by atoms with Gasteiger partial charge in [-0.3, -0.25) is 4.79 Å². The van der Waals surface area contributed by atoms with Crippen LogP contribution in [0.2, 0.25) is 0 Å². The lowest BCUT2D eigenvalue weighted by Gasteiger charge is -2.08. The molecule has 20 heavy (non-hydrogen) atoms. The monoisotopic (exact) mass is 290 g/mol. The standard InChI is InChI=1S/C14H14N2O3S/c1-9(14(18)19-2)15-12(17)7-8-13-16-10-5-3-4-6-11(10)20-13/h3-9H,1-2H3,(H,15,17)/b8-7+/t9-/m0/s1. The Balaban J connectivity index is 2.01. The predicted octanol–water partition coefficient (Wildman–Crippen LogP) is 1.99. The van der Waals surface area contributed by atoms with Crippen molar-refractivity contribution in [2.75, 3.05) is 7.11 Å². The molecule has 0 unspecified atom stereocenters. The molecule has 1 heterocycles. The number of para-hydroxylation sites is 1. The molecular formula is C14H14N2O3S. The second-order valence-electron chi connectivity index (χ2n) is 4.11. The van der Waals surface area contributed by atoms with Crippen LogP contribution in [0, 0.1) is 0 Å². The molecule has 5 nitrogen and oxygen atoms in total. The summed E-state index contributed by atoms with van der Waals surface area (Å²) >= 11 is 1.50. The fourth-order valence-electron chi connectivity index (χ4n) is 1.61. The number of carbonyl (C=O) groups is 2. The van der Waals surface area contributed by atoms with E-state index >= 15 is 0 Å². The van der Waals surface area contributed by atoms with Gasteiger partial charge in [-0.15, -0.1) is 11.3 Å². The molecular weight excluding hydrogens is 276 g/mol. The molecule has 1 aromatic carbocycles. The Hall–Kier alpha value is -2.21. The molecule has 0 aliphatic carbocycles. The summed E-state index contributed by atoms with van der Waals surface area (Å²) in [5, 5.41) is 3.25. The van der Waals surface area contributed by atoms with Crippen molar-refractivity contribution >= 4 is 39.5 Å². The molecule has 1 amide bonds. The minimum Gasteiger partial charge on any atom is -0.467 e. The molecule has 0 aliphatic rings. The Morgan fingerprint density at radius 1 is 1.40 bits per heavy atom. The van der Waals surface area contributed by atoms with Gasteiger partial charge in [0, 0.05) is 6.08 Å². The topological polar surface area (TPSA) is 68.3 Å². The van der Waals surface area contributed by atoms with E-state index in [0.29, 0.717) is 0 Å². The van der Waals surface area contributed by atoms with E-state index < -0.39 is 12.0 Å². The third-order valence-corrected chi connectivity index (χ3v) is 3.60. The van der Waals surface area contributed by atoms with Gasteiger partial charge in [-0.2, -0.15) is 0 Å². The summed E-state index contributed by atoms with van der Waals surface area (Å²) in [6, 6.07) is 7.08. The van der Waals surface area contributed by atoms with Crippen LogP contribution >= 0.6 is 11.3 Å². The van der Waals surface area contributed by atoms with Crippen molar-refractivity contribution in [3.8, 4) is 0 Å². The number of thiazole rings is 1. The Labute approximate surface area is 120 Å². The molecule has 0 saturated heterocycles. The van der Waals surface area contributed by atoms with E-state index in [2.05, 4.69) is 15.0 Å². The number of amides is 1. The first kappa shape index (κ1) is 14.2. The van der Waals surface area contributed by atoms with Crippen molar-refractivity contribution in [1.82, 2.24) is 10.3 Å². The summed E-state index contributed by atoms with van der Waals surface area (Å²) in [5.41, 5.74) is 0.903. The number of hydrogen-bond donors (Lipinski definition) is 1. The SMILES string of the molecule is COC(=O)[C@H](C)NC(=O)/C=C/c1nc2ccccc2s1. The van der Waals surface area contributed by atoms with Gasteiger partial charge in [0.2, 0.25) is 5.91 Å². The number of esters is 1. The number of carbonyl (C=O) groups excluding carboxylic acids is 2. The largest absolute Gasteiger partial charge is 0.467 e. The highest BCUT2D eigenvalue weighted by atomic mass is 32.1. The molecule has 2 rings (SSSR count). The van der Waals surface area contributed by atoms with Crippen molar-refractivity contribution in [2.24, 2.45) is 0 Å². The Kier molecular flexibility index (Phi) is 4.47. The zero-order valence-corrected chi connectivity index (χ0v) is 11.9. The maximum atomic E-state index is 11.6. The third-order valence-electron chi connectivity index (χ3n) is 2.60. The van der Waals surface area contributed by atoms with Gasteiger partial charge < -0.3 is 10.1 Å². The van der Waals surface area contributed by atoms with Crippen LogP contribution in [0.4, 0.5) is 0 Å². The summed E-state index contributed by atoms with van der Waals surface area (Å²) < 4.78 is 5.59. The first-order valence-corrected chi connectivity index (χ1v) is 6.84. The fourth-order valence-corrected chi connectivity index (χ4v) is 2.48. The summed E-state index contributed by atoms with van der Waals surface area (Å²) in [5.74, 6) is -0.839. The van der Waals surface area contributed by atoms with Gasteiger partial charge in [0.15, 0.2) is 0 Å². The average molecular weight is 290 g/mol. The van der Waals surface area contributed by atoms with Crippen LogP contribution < -0.4 is 5.32 Å². The van der Waals surface area contributed by atoms with Crippen molar-refractivity contribution in [1.29, 1.82) is 0 Å². The van der Waals surface area contributed by atoms with Crippen LogP contribution in [0.3, 0.4) is 0 Å². The molecule has 6 heteroatoms. The van der Waals surface area contributed by atoms with E-state index in [1.807, 2.05) is 24.3 Å². The summed E-state index contributed by atoms with van der Waals surface area (Å²) in [6.07, 6.45) is 2.99. The van der Waals surface area contributed by atoms with Crippen molar-refractivity contribution in [2.45, 2.75) is 13.0 Å². The lowest BCUT2D eigenvalue weighted by atomic mass is 10.3. The number of benzene rings is 1. The summed E-state index contributed by atoms with van der Waals surface area (Å²) in [6.45, 7) is 1.56. The number of aromatic nitrogens is 1. The second kappa shape index (κ2) is 6.29. The third kappa shape index (κ3) is 3.42. The number of ether oxygens (including phenoxy) is 1. The average Bonchev–Trinajstić information content (AvgIpc) is 2.87. The van der Waals surface area contributed by atoms with Crippen molar-refractivity contribution < 1.29 is 14.3 Å². The quantitative estimate of drug-likeness (QED) is 0.690. The Morgan fingerprint density at radius 2 is 2.15 bits per heavy atom. The van der Waals surface area contributed by atoms with E-state index in [1.54, 1.807) is 13.0 Å². The van der Waals surface area contributed by atoms with Crippen LogP contribution in [0.5, 0.6) is 0 Å². The lowest BCUT2D eigenvalue weighted by molar-refractivity contribution is -0.144. The molecule has 2 aromatic rings. The van der Waals surface area contributed by atoms with Crippen molar-refractivity contribution in [3.63, 3.8) is 0 Å². The molecule has 0 radical (unpaired) electrons. The zero-order chi connectivity index (χ0) is 14.5. The van der Waals surface area contributed by atoms with Crippen LogP contribution in [0.25, 0.3) is 16.3 Å². The maximum absolute atomic E-state index is 11.6. The van der Waals surface area contributed by atoms with Crippen LogP contribution in [0.1, 0.15) is 11.9 Å². The number of hydrogen-bond acceptors (Lipinski definition) is 5. The first-order valence-electron chi connectivity index (χ1n) is 6.02. The number of nitrogens with one attached hydrogen (secondary N) is 1. The van der Waals surface area contributed by atoms with E-state index in [9.17, 15) is 9.59 Å². The first-order chi connectivity index (χ1) is 9.60. The van der Waals surface area contributed by atoms with Gasteiger partial charge in [-0.05, 0) is 25.1 Å². The van der Waals surface area contributed by atoms with E-state index in [0.717, 1.165) is 15.2 Å². The molecule has 104 valence electrons. The minimum atomic E-state index is -0.674. The summed E-state index contributed by atoms with van der Waals surface area (Å²) in [4.78, 5) is 27.2. The van der Waals surface area contributed by atoms with Gasteiger partial charge >= 0.3 is 5.97 Å². The zero-order valence-electron chi connectivity index (χ0n) is 11.1. The van der Waals surface area contributed by atoms with Gasteiger partial charge in [-0.25, -0.2) is 9.78 Å². The number of methoxy groups -OCH3 is 1. The molecule has 0 spiro atoms. The smallest absolute Gasteiger partial charge is 0.328 e. The highest BCUT2D eigenvalue weighted by Crippen LogP contribution is 2.22. The van der Waals surface area contributed by atoms with Gasteiger partial charge in [0.25, 0.3) is 0 Å². The van der Waals surface area contributed by atoms with E-state index in [1.165, 1.54) is 24.5 Å². The number of rotatable bonds is 4. The Morgan fingerprint density at radius 3 is 2.85 bits per heavy atom. The molecule has 0 fully saturated rings. The van der Waals surface area contributed by atoms with Gasteiger partial charge in [0.05, 0.1) is 17.3 Å². The van der Waals surface area contributed by atoms with Gasteiger partial charge in [-0.1, -0.05) is 12.1 Å². The van der Waals surface area contributed by atoms with E-state index in [4.69, 9.17) is 0 Å². The van der Waals surface area contributed by atoms with Gasteiger partial charge in [0.1, 0.15) is 11.0 Å². The van der Waals surface area contributed by atoms with E-state index in [-0.39, 0.29) is 5.91 Å². The number of nitrogens with zero attached hydrogens (tertiary/aromatic N) is 1. The predicted molar refractivity (Wildman–Crippen MR) is 78.3 cm³/mol. The number of fused-ring (bicyclic) bond motifs is 1. The normalized spacial score (nSPS) is 12.5. The second-order valence-corrected chi connectivity index (χ2v) is 5.17. The summed E-state index contributed by atoms with van der Waals surface area (Å²) in [7, 11) is 1.28. The fraction of sp³-hybridized carbons (Fsp3) is 0.214. The van der Waals surface area contributed by atoms with Crippen LogP contribution in [-0.4, -0.2) is 30.0 Å². The Bertz CT molecular complexity index is 630. The lowest BCUT2D eigenvalue weighted by Crippen LogP contribution is -2.38. The molecule has 0 saturated carbocycles. The van der Waals surface area contributed by atoms with Crippen molar-refractivity contribution in [3.05, 3.63) is 35.3 Å². The minimum absolute atomic E-state index is 0.359. The highest BCUT2D eigenvalue weighted by Gasteiger charge is 2.14. The van der Waals surface area contributed by atoms with Crippen LogP contribution in [0.15, 0.2) is 30.3 Å².